The first-order valence-corrected chi connectivity index (χ1v) is 10.4. The van der Waals surface area contributed by atoms with Crippen LogP contribution in [0.3, 0.4) is 0 Å². The van der Waals surface area contributed by atoms with Gasteiger partial charge in [0.2, 0.25) is 5.91 Å². The van der Waals surface area contributed by atoms with Gasteiger partial charge in [-0.15, -0.1) is 0 Å². The second-order valence-electron chi connectivity index (χ2n) is 8.24. The van der Waals surface area contributed by atoms with E-state index in [1.807, 2.05) is 24.3 Å². The zero-order valence-electron chi connectivity index (χ0n) is 16.6. The zero-order chi connectivity index (χ0) is 19.6. The lowest BCUT2D eigenvalue weighted by molar-refractivity contribution is -0.136. The fourth-order valence-electron chi connectivity index (χ4n) is 5.18. The summed E-state index contributed by atoms with van der Waals surface area (Å²) in [7, 11) is 1.68. The van der Waals surface area contributed by atoms with Crippen molar-refractivity contribution in [1.82, 2.24) is 4.90 Å². The highest BCUT2D eigenvalue weighted by Crippen LogP contribution is 2.45. The Morgan fingerprint density at radius 2 is 1.86 bits per heavy atom. The number of carbonyl (C=O) groups is 1. The molecule has 1 saturated heterocycles. The molecule has 4 rings (SSSR count). The first-order valence-electron chi connectivity index (χ1n) is 10.4. The molecule has 2 aromatic rings. The second-order valence-corrected chi connectivity index (χ2v) is 8.24. The van der Waals surface area contributed by atoms with Crippen LogP contribution >= 0.6 is 0 Å². The molecule has 4 nitrogen and oxygen atoms in total. The number of amides is 1. The number of methoxy groups -OCH3 is 1. The molecule has 0 bridgehead atoms. The van der Waals surface area contributed by atoms with E-state index >= 15 is 0 Å². The molecule has 2 aliphatic rings. The lowest BCUT2D eigenvalue weighted by Crippen LogP contribution is -2.44. The summed E-state index contributed by atoms with van der Waals surface area (Å²) in [6.07, 6.45) is 4.02. The third-order valence-corrected chi connectivity index (χ3v) is 6.75. The quantitative estimate of drug-likeness (QED) is 0.863. The van der Waals surface area contributed by atoms with Gasteiger partial charge in [-0.3, -0.25) is 4.79 Å². The van der Waals surface area contributed by atoms with Crippen LogP contribution in [0, 0.1) is 5.92 Å². The largest absolute Gasteiger partial charge is 0.497 e. The molecule has 4 heteroatoms. The van der Waals surface area contributed by atoms with Crippen molar-refractivity contribution in [2.45, 2.75) is 37.0 Å². The minimum Gasteiger partial charge on any atom is -0.497 e. The van der Waals surface area contributed by atoms with Crippen molar-refractivity contribution in [2.24, 2.45) is 11.7 Å². The summed E-state index contributed by atoms with van der Waals surface area (Å²) in [6, 6.07) is 18.6. The van der Waals surface area contributed by atoms with Gasteiger partial charge < -0.3 is 15.4 Å². The van der Waals surface area contributed by atoms with Crippen molar-refractivity contribution in [3.63, 3.8) is 0 Å². The van der Waals surface area contributed by atoms with Gasteiger partial charge in [-0.2, -0.15) is 0 Å². The number of hydrogen-bond acceptors (Lipinski definition) is 3. The Morgan fingerprint density at radius 3 is 2.54 bits per heavy atom. The third kappa shape index (κ3) is 3.30. The Kier molecular flexibility index (Phi) is 5.40. The molecule has 2 N–H and O–H groups in total. The molecule has 0 radical (unpaired) electrons. The number of carbonyl (C=O) groups excluding carboxylic acids is 1. The maximum atomic E-state index is 13.9. The van der Waals surface area contributed by atoms with Crippen LogP contribution in [-0.4, -0.2) is 37.6 Å². The molecule has 1 saturated carbocycles. The molecule has 1 aliphatic carbocycles. The number of hydrogen-bond donors (Lipinski definition) is 1. The summed E-state index contributed by atoms with van der Waals surface area (Å²) in [5.74, 6) is 1.73. The van der Waals surface area contributed by atoms with Gasteiger partial charge in [-0.05, 0) is 48.6 Å². The second kappa shape index (κ2) is 7.96. The summed E-state index contributed by atoms with van der Waals surface area (Å²) < 4.78 is 5.43. The molecule has 2 aromatic carbocycles. The van der Waals surface area contributed by atoms with E-state index in [0.29, 0.717) is 18.4 Å². The Bertz CT molecular complexity index is 814. The van der Waals surface area contributed by atoms with Gasteiger partial charge in [0, 0.05) is 19.0 Å². The van der Waals surface area contributed by atoms with Crippen LogP contribution in [0.15, 0.2) is 54.6 Å². The monoisotopic (exact) mass is 378 g/mol. The number of nitrogens with two attached hydrogens (primary N) is 1. The summed E-state index contributed by atoms with van der Waals surface area (Å²) in [5.41, 5.74) is 8.07. The van der Waals surface area contributed by atoms with Gasteiger partial charge in [0.1, 0.15) is 5.75 Å². The van der Waals surface area contributed by atoms with E-state index in [2.05, 4.69) is 35.2 Å². The molecule has 1 amide bonds. The van der Waals surface area contributed by atoms with Gasteiger partial charge in [-0.25, -0.2) is 0 Å². The maximum Gasteiger partial charge on any atom is 0.233 e. The van der Waals surface area contributed by atoms with Crippen molar-refractivity contribution >= 4 is 5.91 Å². The topological polar surface area (TPSA) is 55.6 Å². The molecule has 0 unspecified atom stereocenters. The highest BCUT2D eigenvalue weighted by Gasteiger charge is 2.48. The fraction of sp³-hybridized carbons (Fsp3) is 0.458. The molecule has 0 spiro atoms. The maximum absolute atomic E-state index is 13.9. The number of ether oxygens (including phenoxy) is 1. The third-order valence-electron chi connectivity index (χ3n) is 6.75. The first kappa shape index (κ1) is 19.0. The lowest BCUT2D eigenvalue weighted by Gasteiger charge is -2.33. The molecular formula is C24H30N2O2. The van der Waals surface area contributed by atoms with Gasteiger partial charge in [0.25, 0.3) is 0 Å². The molecule has 1 heterocycles. The summed E-state index contributed by atoms with van der Waals surface area (Å²) in [5, 5.41) is 0. The Hall–Kier alpha value is -2.33. The van der Waals surface area contributed by atoms with E-state index in [-0.39, 0.29) is 5.91 Å². The van der Waals surface area contributed by atoms with Crippen LogP contribution in [0.5, 0.6) is 5.75 Å². The van der Waals surface area contributed by atoms with Crippen molar-refractivity contribution < 1.29 is 9.53 Å². The molecule has 2 fully saturated rings. The van der Waals surface area contributed by atoms with E-state index in [1.165, 1.54) is 5.56 Å². The van der Waals surface area contributed by atoms with Gasteiger partial charge in [0.15, 0.2) is 0 Å². The van der Waals surface area contributed by atoms with Gasteiger partial charge in [0.05, 0.1) is 12.5 Å². The van der Waals surface area contributed by atoms with Crippen molar-refractivity contribution in [1.29, 1.82) is 0 Å². The molecule has 0 aromatic heterocycles. The summed E-state index contributed by atoms with van der Waals surface area (Å²) in [4.78, 5) is 15.9. The van der Waals surface area contributed by atoms with Gasteiger partial charge in [-0.1, -0.05) is 55.3 Å². The average Bonchev–Trinajstić information content (AvgIpc) is 3.42. The van der Waals surface area contributed by atoms with Crippen molar-refractivity contribution in [2.75, 3.05) is 26.7 Å². The standard InChI is InChI=1S/C24H30N2O2/c1-28-21-11-7-10-20(14-21)24(12-5-6-13-24)23(27)26-16-19(15-25)22(17-26)18-8-3-2-4-9-18/h2-4,7-11,14,19,22H,5-6,12-13,15-17,25H2,1H3/t19-,22+/m1/s1. The zero-order valence-corrected chi connectivity index (χ0v) is 16.6. The number of nitrogens with zero attached hydrogens (tertiary/aromatic N) is 1. The van der Waals surface area contributed by atoms with Crippen LogP contribution < -0.4 is 10.5 Å². The Morgan fingerprint density at radius 1 is 1.11 bits per heavy atom. The molecule has 28 heavy (non-hydrogen) atoms. The van der Waals surface area contributed by atoms with Crippen LogP contribution in [0.2, 0.25) is 0 Å². The molecular weight excluding hydrogens is 348 g/mol. The smallest absolute Gasteiger partial charge is 0.233 e. The minimum atomic E-state index is -0.417. The van der Waals surface area contributed by atoms with E-state index in [9.17, 15) is 4.79 Å². The van der Waals surface area contributed by atoms with E-state index in [0.717, 1.165) is 50.1 Å². The predicted octanol–water partition coefficient (Wildman–Crippen LogP) is 3.71. The van der Waals surface area contributed by atoms with Crippen LogP contribution in [0.1, 0.15) is 42.7 Å². The summed E-state index contributed by atoms with van der Waals surface area (Å²) >= 11 is 0. The molecule has 2 atom stereocenters. The first-order chi connectivity index (χ1) is 13.7. The van der Waals surface area contributed by atoms with E-state index < -0.39 is 5.41 Å². The number of rotatable bonds is 5. The van der Waals surface area contributed by atoms with Gasteiger partial charge >= 0.3 is 0 Å². The minimum absolute atomic E-state index is 0.273. The van der Waals surface area contributed by atoms with Crippen LogP contribution in [0.25, 0.3) is 0 Å². The van der Waals surface area contributed by atoms with Crippen molar-refractivity contribution in [3.05, 3.63) is 65.7 Å². The average molecular weight is 379 g/mol. The number of likely N-dealkylation sites (tertiary alicyclic amines) is 1. The summed E-state index contributed by atoms with van der Waals surface area (Å²) in [6.45, 7) is 2.12. The highest BCUT2D eigenvalue weighted by molar-refractivity contribution is 5.89. The van der Waals surface area contributed by atoms with Crippen LogP contribution in [0.4, 0.5) is 0 Å². The lowest BCUT2D eigenvalue weighted by atomic mass is 9.77. The highest BCUT2D eigenvalue weighted by atomic mass is 16.5. The molecule has 148 valence electrons. The molecule has 1 aliphatic heterocycles. The SMILES string of the molecule is COc1cccc(C2(C(=O)N3C[C@@H](CN)[C@H](c4ccccc4)C3)CCCC2)c1. The van der Waals surface area contributed by atoms with Crippen LogP contribution in [-0.2, 0) is 10.2 Å². The van der Waals surface area contributed by atoms with E-state index in [4.69, 9.17) is 10.5 Å². The normalized spacial score (nSPS) is 23.7. The predicted molar refractivity (Wildman–Crippen MR) is 111 cm³/mol. The number of benzene rings is 2. The Balaban J connectivity index is 1.63. The van der Waals surface area contributed by atoms with E-state index in [1.54, 1.807) is 7.11 Å². The fourth-order valence-corrected chi connectivity index (χ4v) is 5.18. The Labute approximate surface area is 167 Å². The van der Waals surface area contributed by atoms with Crippen molar-refractivity contribution in [3.8, 4) is 5.75 Å².